The third-order valence-electron chi connectivity index (χ3n) is 14.3. The number of hydrogen-bond acceptors (Lipinski definition) is 3. The molecule has 0 aliphatic rings. The summed E-state index contributed by atoms with van der Waals surface area (Å²) >= 11 is 0. The van der Waals surface area contributed by atoms with Crippen LogP contribution in [-0.2, 0) is 36.4 Å². The fourth-order valence-electron chi connectivity index (χ4n) is 10.0. The number of hydrogen-bond donors (Lipinski definition) is 0. The van der Waals surface area contributed by atoms with Gasteiger partial charge in [-0.05, 0) is 131 Å². The van der Waals surface area contributed by atoms with Crippen molar-refractivity contribution >= 4 is 54.5 Å². The van der Waals surface area contributed by atoms with E-state index in [0.717, 1.165) is 55.6 Å². The van der Waals surface area contributed by atoms with E-state index in [1.165, 1.54) is 66.2 Å². The maximum absolute atomic E-state index is 6.91. The minimum atomic E-state index is 0. The molecule has 11 rings (SSSR count). The first-order valence-corrected chi connectivity index (χ1v) is 25.7. The molecule has 8 aromatic carbocycles. The van der Waals surface area contributed by atoms with Crippen molar-refractivity contribution in [2.75, 3.05) is 0 Å². The van der Waals surface area contributed by atoms with Crippen molar-refractivity contribution in [1.82, 2.24) is 14.5 Å². The van der Waals surface area contributed by atoms with Crippen LogP contribution < -0.4 is 0 Å². The van der Waals surface area contributed by atoms with Crippen molar-refractivity contribution in [2.45, 2.75) is 118 Å². The molecule has 0 unspecified atom stereocenters. The Morgan fingerprint density at radius 3 is 1.78 bits per heavy atom. The summed E-state index contributed by atoms with van der Waals surface area (Å²) in [6.45, 7) is 29.7. The van der Waals surface area contributed by atoms with Gasteiger partial charge in [0.05, 0.1) is 22.4 Å². The van der Waals surface area contributed by atoms with Crippen LogP contribution in [0.4, 0.5) is 0 Å². The van der Waals surface area contributed by atoms with Gasteiger partial charge in [0.15, 0.2) is 0 Å². The average molecular weight is 1130 g/mol. The molecule has 0 spiro atoms. The predicted molar refractivity (Wildman–Crippen MR) is 306 cm³/mol. The van der Waals surface area contributed by atoms with Crippen molar-refractivity contribution < 1.29 is 24.5 Å². The minimum Gasteiger partial charge on any atom is -0.501 e. The maximum Gasteiger partial charge on any atom is 0.121 e. The molecule has 3 aromatic heterocycles. The van der Waals surface area contributed by atoms with E-state index in [9.17, 15) is 0 Å². The predicted octanol–water partition coefficient (Wildman–Crippen LogP) is 19.1. The molecule has 0 atom stereocenters. The summed E-state index contributed by atoms with van der Waals surface area (Å²) in [5, 5.41) is 7.02. The first-order chi connectivity index (χ1) is 34.2. The van der Waals surface area contributed by atoms with Gasteiger partial charge in [-0.3, -0.25) is 4.98 Å². The van der Waals surface area contributed by atoms with Crippen molar-refractivity contribution in [1.29, 1.82) is 0 Å². The van der Waals surface area contributed by atoms with Gasteiger partial charge in [0, 0.05) is 37.4 Å². The second kappa shape index (κ2) is 19.7. The standard InChI is InChI=1S/C53H51N2O.C15H16N.Ir/c1-31(2)42-27-36(35-24-37(52(5,6)7)29-38(25-35)53(8,9)10)28-43(32(3)4)49(42)55-47-21-14-13-20-46(47)54-51(55)41-19-15-18-40-45-26-34-23-22-33-16-11-12-17-39(33)44(34)30-48(45)56-50(40)41;1-15(2,3)13-9-10-14(16-11-13)12-7-5-4-6-8-12;/h11-18,20-32H,1-10H3;4-7,9-11H,1-3H3;/q2*-1;. The second-order valence-electron chi connectivity index (χ2n) is 23.4. The normalized spacial score (nSPS) is 12.3. The number of furan rings is 1. The van der Waals surface area contributed by atoms with Gasteiger partial charge in [0.25, 0.3) is 0 Å². The number of fused-ring (bicyclic) bond motifs is 7. The summed E-state index contributed by atoms with van der Waals surface area (Å²) in [6, 6.07) is 61.2. The summed E-state index contributed by atoms with van der Waals surface area (Å²) in [5.41, 5.74) is 17.1. The van der Waals surface area contributed by atoms with Crippen molar-refractivity contribution in [3.05, 3.63) is 198 Å². The van der Waals surface area contributed by atoms with Crippen LogP contribution in [0, 0.1) is 12.1 Å². The Balaban J connectivity index is 0.000000329. The number of pyridine rings is 1. The molecule has 0 fully saturated rings. The molecule has 0 amide bonds. The molecule has 0 saturated heterocycles. The van der Waals surface area contributed by atoms with Crippen LogP contribution in [0.25, 0.3) is 94.0 Å². The Morgan fingerprint density at radius 1 is 0.521 bits per heavy atom. The molecule has 1 radical (unpaired) electrons. The molecule has 0 aliphatic carbocycles. The first-order valence-electron chi connectivity index (χ1n) is 25.7. The Hall–Kier alpha value is -6.65. The minimum absolute atomic E-state index is 0. The molecule has 4 nitrogen and oxygen atoms in total. The van der Waals surface area contributed by atoms with Gasteiger partial charge < -0.3 is 14.0 Å². The molecular formula is C68H67IrN3O-2. The smallest absolute Gasteiger partial charge is 0.121 e. The zero-order chi connectivity index (χ0) is 50.9. The summed E-state index contributed by atoms with van der Waals surface area (Å²) < 4.78 is 9.31. The third kappa shape index (κ3) is 9.95. The summed E-state index contributed by atoms with van der Waals surface area (Å²) in [7, 11) is 0. The van der Waals surface area contributed by atoms with Crippen molar-refractivity contribution in [2.24, 2.45) is 0 Å². The molecule has 5 heteroatoms. The first kappa shape index (κ1) is 51.3. The Labute approximate surface area is 446 Å². The SMILES string of the molecule is CC(C)(C)c1ccc(-c2[c-]cccc2)nc1.CC(C)c1cc(-c2cc(C(C)(C)C)cc(C(C)(C)C)c2)cc(C(C)C)c1-n1c(-c2[c-]ccc3c2oc2cc4c(ccc5ccccc54)cc23)nc2ccccc21.[Ir]. The number of aromatic nitrogens is 3. The molecule has 0 saturated carbocycles. The molecule has 73 heavy (non-hydrogen) atoms. The fraction of sp³-hybridized carbons (Fsp3) is 0.265. The van der Waals surface area contributed by atoms with Crippen LogP contribution in [-0.4, -0.2) is 14.5 Å². The largest absolute Gasteiger partial charge is 0.501 e. The van der Waals surface area contributed by atoms with E-state index in [2.05, 4.69) is 233 Å². The summed E-state index contributed by atoms with van der Waals surface area (Å²) in [4.78, 5) is 9.89. The number of nitrogens with zero attached hydrogens (tertiary/aromatic N) is 3. The number of para-hydroxylation sites is 2. The Morgan fingerprint density at radius 2 is 1.15 bits per heavy atom. The number of rotatable bonds is 6. The monoisotopic (exact) mass is 1130 g/mol. The number of benzene rings is 8. The van der Waals surface area contributed by atoms with Crippen LogP contribution in [0.1, 0.15) is 130 Å². The van der Waals surface area contributed by atoms with E-state index < -0.39 is 0 Å². The van der Waals surface area contributed by atoms with Crippen LogP contribution >= 0.6 is 0 Å². The maximum atomic E-state index is 6.91. The van der Waals surface area contributed by atoms with Crippen LogP contribution in [0.15, 0.2) is 162 Å². The third-order valence-corrected chi connectivity index (χ3v) is 14.3. The molecule has 0 N–H and O–H groups in total. The molecule has 11 aromatic rings. The molecule has 0 aliphatic heterocycles. The second-order valence-corrected chi connectivity index (χ2v) is 23.4. The fourth-order valence-corrected chi connectivity index (χ4v) is 10.0. The molecule has 3 heterocycles. The Bertz CT molecular complexity index is 3730. The van der Waals surface area contributed by atoms with Crippen LogP contribution in [0.2, 0.25) is 0 Å². The molecule has 371 valence electrons. The van der Waals surface area contributed by atoms with E-state index in [-0.39, 0.29) is 48.2 Å². The van der Waals surface area contributed by atoms with Crippen LogP contribution in [0.3, 0.4) is 0 Å². The summed E-state index contributed by atoms with van der Waals surface area (Å²) in [6.07, 6.45) is 1.95. The van der Waals surface area contributed by atoms with Crippen LogP contribution in [0.5, 0.6) is 0 Å². The van der Waals surface area contributed by atoms with Gasteiger partial charge in [-0.25, -0.2) is 0 Å². The van der Waals surface area contributed by atoms with Crippen molar-refractivity contribution in [3.63, 3.8) is 0 Å². The zero-order valence-electron chi connectivity index (χ0n) is 44.7. The van der Waals surface area contributed by atoms with Gasteiger partial charge in [0.2, 0.25) is 0 Å². The van der Waals surface area contributed by atoms with E-state index >= 15 is 0 Å². The van der Waals surface area contributed by atoms with Gasteiger partial charge >= 0.3 is 0 Å². The van der Waals surface area contributed by atoms with E-state index in [4.69, 9.17) is 9.40 Å². The Kier molecular flexibility index (Phi) is 13.8. The number of imidazole rings is 1. The molecular weight excluding hydrogens is 1070 g/mol. The van der Waals surface area contributed by atoms with E-state index in [0.29, 0.717) is 0 Å². The molecule has 0 bridgehead atoms. The zero-order valence-corrected chi connectivity index (χ0v) is 47.1. The van der Waals surface area contributed by atoms with E-state index in [1.807, 2.05) is 36.5 Å². The quantitative estimate of drug-likeness (QED) is 0.123. The average Bonchev–Trinajstić information content (AvgIpc) is 3.93. The van der Waals surface area contributed by atoms with E-state index in [1.54, 1.807) is 0 Å². The van der Waals surface area contributed by atoms with Gasteiger partial charge in [0.1, 0.15) is 5.58 Å². The van der Waals surface area contributed by atoms with Crippen molar-refractivity contribution in [3.8, 4) is 39.5 Å². The van der Waals surface area contributed by atoms with Gasteiger partial charge in [-0.1, -0.05) is 180 Å². The topological polar surface area (TPSA) is 43.9 Å². The van der Waals surface area contributed by atoms with Gasteiger partial charge in [-0.2, -0.15) is 0 Å². The summed E-state index contributed by atoms with van der Waals surface area (Å²) in [5.74, 6) is 1.34. The van der Waals surface area contributed by atoms with Gasteiger partial charge in [-0.15, -0.1) is 54.1 Å².